The number of hydrogen-bond donors (Lipinski definition) is 0. The molecule has 0 radical (unpaired) electrons. The lowest BCUT2D eigenvalue weighted by atomic mass is 10.0. The Hall–Kier alpha value is -2.63. The second-order valence-electron chi connectivity index (χ2n) is 19.6. The Kier molecular flexibility index (Phi) is 53.8. The van der Waals surface area contributed by atoms with Gasteiger partial charge in [0.1, 0.15) is 13.2 Å². The minimum absolute atomic E-state index is 0.0805. The van der Waals surface area contributed by atoms with Crippen LogP contribution < -0.4 is 0 Å². The van der Waals surface area contributed by atoms with Gasteiger partial charge in [-0.05, 0) is 83.5 Å². The average Bonchev–Trinajstić information content (AvgIpc) is 3.33. The summed E-state index contributed by atoms with van der Waals surface area (Å²) >= 11 is 0. The molecule has 0 spiro atoms. The number of carbonyl (C=O) groups is 3. The van der Waals surface area contributed by atoms with Gasteiger partial charge in [-0.2, -0.15) is 0 Å². The van der Waals surface area contributed by atoms with Crippen LogP contribution in [-0.2, 0) is 28.6 Å². The Morgan fingerprint density at radius 2 is 0.537 bits per heavy atom. The van der Waals surface area contributed by atoms with Gasteiger partial charge in [0.2, 0.25) is 0 Å². The standard InChI is InChI=1S/C61H110O6/c1-4-7-10-13-16-19-22-25-28-30-31-34-36-39-42-45-48-51-54-60(63)66-57-58(56-65-59(62)53-50-47-44-41-38-35-32-27-24-21-18-15-12-9-6-3)67-61(64)55-52-49-46-43-40-37-33-29-26-23-20-17-14-11-8-5-2/h18,20-21,23,27,29,32-33,58H,4-17,19,22,24-26,28,30-31,34-57H2,1-3H3/b21-18-,23-20-,32-27-,33-29-. The smallest absolute Gasteiger partial charge is 0.306 e. The number of unbranched alkanes of at least 4 members (excludes halogenated alkanes) is 34. The highest BCUT2D eigenvalue weighted by atomic mass is 16.6. The molecule has 67 heavy (non-hydrogen) atoms. The zero-order valence-corrected chi connectivity index (χ0v) is 44.7. The summed E-state index contributed by atoms with van der Waals surface area (Å²) in [5.74, 6) is -0.894. The first kappa shape index (κ1) is 64.4. The molecule has 0 aromatic rings. The molecule has 0 saturated heterocycles. The molecule has 0 aromatic heterocycles. The molecule has 0 saturated carbocycles. The predicted octanol–water partition coefficient (Wildman–Crippen LogP) is 19.4. The third-order valence-electron chi connectivity index (χ3n) is 12.8. The van der Waals surface area contributed by atoms with Gasteiger partial charge in [-0.25, -0.2) is 0 Å². The highest BCUT2D eigenvalue weighted by Crippen LogP contribution is 2.16. The van der Waals surface area contributed by atoms with Crippen LogP contribution in [0.4, 0.5) is 0 Å². The number of hydrogen-bond acceptors (Lipinski definition) is 6. The Morgan fingerprint density at radius 3 is 0.866 bits per heavy atom. The van der Waals surface area contributed by atoms with E-state index in [-0.39, 0.29) is 31.1 Å². The molecule has 0 N–H and O–H groups in total. The second kappa shape index (κ2) is 56.0. The van der Waals surface area contributed by atoms with Crippen molar-refractivity contribution < 1.29 is 28.6 Å². The fourth-order valence-electron chi connectivity index (χ4n) is 8.39. The summed E-state index contributed by atoms with van der Waals surface area (Å²) in [6.07, 6.45) is 68.1. The molecule has 0 amide bonds. The van der Waals surface area contributed by atoms with E-state index in [4.69, 9.17) is 14.2 Å². The van der Waals surface area contributed by atoms with Gasteiger partial charge in [0, 0.05) is 19.3 Å². The van der Waals surface area contributed by atoms with Crippen LogP contribution in [0.25, 0.3) is 0 Å². The van der Waals surface area contributed by atoms with Gasteiger partial charge in [0.15, 0.2) is 6.10 Å². The van der Waals surface area contributed by atoms with E-state index in [0.29, 0.717) is 19.3 Å². The molecular weight excluding hydrogens is 829 g/mol. The number of esters is 3. The zero-order chi connectivity index (χ0) is 48.6. The summed E-state index contributed by atoms with van der Waals surface area (Å²) in [6, 6.07) is 0. The first-order valence-corrected chi connectivity index (χ1v) is 29.1. The molecule has 0 aliphatic rings. The van der Waals surface area contributed by atoms with Gasteiger partial charge >= 0.3 is 17.9 Å². The minimum atomic E-state index is -0.784. The Morgan fingerprint density at radius 1 is 0.299 bits per heavy atom. The normalized spacial score (nSPS) is 12.3. The van der Waals surface area contributed by atoms with E-state index >= 15 is 0 Å². The maximum Gasteiger partial charge on any atom is 0.306 e. The van der Waals surface area contributed by atoms with E-state index in [2.05, 4.69) is 69.4 Å². The van der Waals surface area contributed by atoms with E-state index in [1.807, 2.05) is 0 Å². The number of rotatable bonds is 53. The molecule has 0 aliphatic heterocycles. The van der Waals surface area contributed by atoms with E-state index in [0.717, 1.165) is 103 Å². The summed E-state index contributed by atoms with van der Waals surface area (Å²) < 4.78 is 16.9. The molecule has 6 heteroatoms. The molecule has 0 aliphatic carbocycles. The van der Waals surface area contributed by atoms with Crippen molar-refractivity contribution in [2.75, 3.05) is 13.2 Å². The van der Waals surface area contributed by atoms with E-state index in [9.17, 15) is 14.4 Å². The maximum absolute atomic E-state index is 12.8. The molecule has 0 fully saturated rings. The fraction of sp³-hybridized carbons (Fsp3) is 0.820. The summed E-state index contributed by atoms with van der Waals surface area (Å²) in [6.45, 7) is 6.61. The van der Waals surface area contributed by atoms with E-state index in [1.54, 1.807) is 0 Å². The molecule has 0 heterocycles. The zero-order valence-electron chi connectivity index (χ0n) is 44.7. The van der Waals surface area contributed by atoms with Crippen LogP contribution >= 0.6 is 0 Å². The van der Waals surface area contributed by atoms with Crippen LogP contribution in [0.15, 0.2) is 48.6 Å². The average molecular weight is 940 g/mol. The Bertz CT molecular complexity index is 1170. The lowest BCUT2D eigenvalue weighted by Crippen LogP contribution is -2.30. The molecule has 0 bridgehead atoms. The molecule has 1 unspecified atom stereocenters. The lowest BCUT2D eigenvalue weighted by molar-refractivity contribution is -0.167. The summed E-state index contributed by atoms with van der Waals surface area (Å²) in [4.78, 5) is 38.2. The largest absolute Gasteiger partial charge is 0.462 e. The lowest BCUT2D eigenvalue weighted by Gasteiger charge is -2.18. The summed E-state index contributed by atoms with van der Waals surface area (Å²) in [5.41, 5.74) is 0. The quantitative estimate of drug-likeness (QED) is 0.0262. The van der Waals surface area contributed by atoms with Crippen LogP contribution in [0.3, 0.4) is 0 Å². The molecule has 0 rings (SSSR count). The third kappa shape index (κ3) is 54.2. The monoisotopic (exact) mass is 939 g/mol. The van der Waals surface area contributed by atoms with Crippen molar-refractivity contribution in [3.63, 3.8) is 0 Å². The van der Waals surface area contributed by atoms with Crippen LogP contribution in [0, 0.1) is 0 Å². The molecule has 6 nitrogen and oxygen atoms in total. The number of allylic oxidation sites excluding steroid dienone is 8. The highest BCUT2D eigenvalue weighted by molar-refractivity contribution is 5.71. The van der Waals surface area contributed by atoms with Crippen molar-refractivity contribution in [3.05, 3.63) is 48.6 Å². The first-order valence-electron chi connectivity index (χ1n) is 29.1. The van der Waals surface area contributed by atoms with Crippen LogP contribution in [0.1, 0.15) is 303 Å². The minimum Gasteiger partial charge on any atom is -0.462 e. The number of ether oxygens (including phenoxy) is 3. The van der Waals surface area contributed by atoms with Crippen molar-refractivity contribution >= 4 is 17.9 Å². The van der Waals surface area contributed by atoms with Crippen molar-refractivity contribution in [1.29, 1.82) is 0 Å². The Balaban J connectivity index is 4.38. The molecular formula is C61H110O6. The van der Waals surface area contributed by atoms with Crippen molar-refractivity contribution in [1.82, 2.24) is 0 Å². The second-order valence-corrected chi connectivity index (χ2v) is 19.6. The Labute approximate surface area is 416 Å². The van der Waals surface area contributed by atoms with Gasteiger partial charge in [0.05, 0.1) is 0 Å². The van der Waals surface area contributed by atoms with Gasteiger partial charge in [-0.1, -0.05) is 249 Å². The topological polar surface area (TPSA) is 78.9 Å². The van der Waals surface area contributed by atoms with Crippen LogP contribution in [0.2, 0.25) is 0 Å². The predicted molar refractivity (Wildman–Crippen MR) is 289 cm³/mol. The molecule has 0 aromatic carbocycles. The van der Waals surface area contributed by atoms with Crippen LogP contribution in [-0.4, -0.2) is 37.2 Å². The first-order chi connectivity index (χ1) is 33.0. The van der Waals surface area contributed by atoms with E-state index < -0.39 is 6.10 Å². The van der Waals surface area contributed by atoms with E-state index in [1.165, 1.54) is 161 Å². The molecule has 1 atom stereocenters. The maximum atomic E-state index is 12.8. The van der Waals surface area contributed by atoms with Crippen molar-refractivity contribution in [3.8, 4) is 0 Å². The summed E-state index contributed by atoms with van der Waals surface area (Å²) in [7, 11) is 0. The highest BCUT2D eigenvalue weighted by Gasteiger charge is 2.19. The van der Waals surface area contributed by atoms with Gasteiger partial charge < -0.3 is 14.2 Å². The van der Waals surface area contributed by atoms with Crippen molar-refractivity contribution in [2.24, 2.45) is 0 Å². The number of carbonyl (C=O) groups excluding carboxylic acids is 3. The van der Waals surface area contributed by atoms with Crippen LogP contribution in [0.5, 0.6) is 0 Å². The van der Waals surface area contributed by atoms with Crippen molar-refractivity contribution in [2.45, 2.75) is 309 Å². The van der Waals surface area contributed by atoms with Gasteiger partial charge in [-0.3, -0.25) is 14.4 Å². The summed E-state index contributed by atoms with van der Waals surface area (Å²) in [5, 5.41) is 0. The fourth-order valence-corrected chi connectivity index (χ4v) is 8.39. The third-order valence-corrected chi connectivity index (χ3v) is 12.8. The van der Waals surface area contributed by atoms with Gasteiger partial charge in [0.25, 0.3) is 0 Å². The SMILES string of the molecule is CCCCC/C=C\C/C=C\CCCCCCCC(=O)OCC(COC(=O)CCCCCCCCCCCCCCCCCCCC)OC(=O)CCCCCCC/C=C\C/C=C\CCCCCC. The molecule has 390 valence electrons. The van der Waals surface area contributed by atoms with Gasteiger partial charge in [-0.15, -0.1) is 0 Å².